The van der Waals surface area contributed by atoms with Gasteiger partial charge in [-0.25, -0.2) is 29.9 Å². The van der Waals surface area contributed by atoms with Crippen molar-refractivity contribution in [3.05, 3.63) is 127 Å². The van der Waals surface area contributed by atoms with Crippen LogP contribution < -0.4 is 20.9 Å². The van der Waals surface area contributed by atoms with Gasteiger partial charge in [0.05, 0.1) is 43.6 Å². The van der Waals surface area contributed by atoms with Gasteiger partial charge in [0.25, 0.3) is 0 Å². The highest BCUT2D eigenvalue weighted by molar-refractivity contribution is 6.33. The predicted molar refractivity (Wildman–Crippen MR) is 292 cm³/mol. The van der Waals surface area contributed by atoms with Crippen molar-refractivity contribution in [2.75, 3.05) is 62.8 Å². The van der Waals surface area contributed by atoms with Gasteiger partial charge in [-0.2, -0.15) is 50.0 Å². The Labute approximate surface area is 497 Å². The number of anilines is 2. The normalized spacial score (nSPS) is 16.9. The van der Waals surface area contributed by atoms with E-state index in [2.05, 4.69) is 47.4 Å². The van der Waals surface area contributed by atoms with Crippen molar-refractivity contribution in [2.45, 2.75) is 82.7 Å². The van der Waals surface area contributed by atoms with Crippen LogP contribution in [0.3, 0.4) is 0 Å². The summed E-state index contributed by atoms with van der Waals surface area (Å²) in [5, 5.41) is 36.6. The summed E-state index contributed by atoms with van der Waals surface area (Å²) in [4.78, 5) is 56.4. The minimum absolute atomic E-state index is 0.00303. The summed E-state index contributed by atoms with van der Waals surface area (Å²) in [6.45, 7) is 3.67. The first kappa shape index (κ1) is 69.7. The molecule has 0 aliphatic carbocycles. The number of nitrogens with zero attached hydrogens (tertiary/aromatic N) is 10. The number of piperidine rings is 3. The Balaban J connectivity index is 0.000000296. The van der Waals surface area contributed by atoms with Gasteiger partial charge >= 0.3 is 30.5 Å². The second-order valence-corrected chi connectivity index (χ2v) is 19.9. The van der Waals surface area contributed by atoms with E-state index in [1.165, 1.54) is 22.6 Å². The van der Waals surface area contributed by atoms with Crippen LogP contribution in [0.1, 0.15) is 92.5 Å². The highest BCUT2D eigenvalue weighted by Crippen LogP contribution is 2.33. The molecule has 6 heterocycles. The van der Waals surface area contributed by atoms with Gasteiger partial charge in [0.15, 0.2) is 0 Å². The Hall–Kier alpha value is -6.75. The maximum absolute atomic E-state index is 13.0. The fourth-order valence-electron chi connectivity index (χ4n) is 8.13. The summed E-state index contributed by atoms with van der Waals surface area (Å²) in [5.74, 6) is -6.37. The number of rotatable bonds is 11. The zero-order chi connectivity index (χ0) is 63.5. The molecule has 5 N–H and O–H groups in total. The van der Waals surface area contributed by atoms with Crippen LogP contribution in [-0.4, -0.2) is 111 Å². The lowest BCUT2D eigenvalue weighted by Crippen LogP contribution is -2.39. The topological polar surface area (TPSA) is 261 Å². The third kappa shape index (κ3) is 25.2. The molecular formula is C53H56Cl4F10N12O5. The molecule has 31 heteroatoms. The number of carboxylic acid groups (broad SMARTS) is 2. The first-order chi connectivity index (χ1) is 40.0. The maximum Gasteiger partial charge on any atom is 0.451 e. The van der Waals surface area contributed by atoms with E-state index in [1.807, 2.05) is 36.4 Å². The van der Waals surface area contributed by atoms with Gasteiger partial charge in [-0.3, -0.25) is 18.8 Å². The van der Waals surface area contributed by atoms with Gasteiger partial charge in [-0.15, -0.1) is 0 Å². The molecular weight excluding hydrogens is 1220 g/mol. The lowest BCUT2D eigenvalue weighted by Gasteiger charge is -2.33. The molecule has 0 bridgehead atoms. The Morgan fingerprint density at radius 1 is 0.631 bits per heavy atom. The van der Waals surface area contributed by atoms with Crippen LogP contribution >= 0.6 is 46.4 Å². The second kappa shape index (κ2) is 34.9. The van der Waals surface area contributed by atoms with Gasteiger partial charge in [0.1, 0.15) is 38.0 Å². The standard InChI is InChI=1S/C21H20ClF3N4O.C11H11ClF3N3O2.C9H10N2.C6H11NO2.C5HCl2F3N2.CH3F/c22-18-11-19(28-20(27-18)21(23,24)25)29-10-2-4-16(13-29)17(30)5-1-3-14-6-8-15(12-26)9-7-14;12-7-4-8(17-10(16-7)11(13,14)15)18-3-1-2-6(5-18)9(19)20;10-6-5-8-1-3-9(7-11)4-2-8;8-6(9)5-2-1-3-7-4-5;6-2-1-3(7)12-4(11-2)5(8,9)10;1-2/h6-9,11,16H,1-5,10,13H2;4,6H,1-3,5H2,(H,19,20);1-4H,5-6,10H2;5,7H,1-4H2,(H,8,9);1H;1H3/t16-;6-;;5-;;/m11.1../s1/i;;;;;1D. The fraction of sp³-hybridized carbons (Fsp3) is 0.453. The third-order valence-corrected chi connectivity index (χ3v) is 13.0. The highest BCUT2D eigenvalue weighted by Gasteiger charge is 2.38. The molecule has 0 saturated carbocycles. The van der Waals surface area contributed by atoms with Crippen LogP contribution in [0.15, 0.2) is 66.7 Å². The lowest BCUT2D eigenvalue weighted by atomic mass is 9.90. The van der Waals surface area contributed by atoms with Crippen molar-refractivity contribution < 1.29 is 69.9 Å². The van der Waals surface area contributed by atoms with Crippen LogP contribution in [0, 0.1) is 40.4 Å². The summed E-state index contributed by atoms with van der Waals surface area (Å²) >= 11 is 21.8. The van der Waals surface area contributed by atoms with E-state index in [0.29, 0.717) is 82.4 Å². The number of hydrogen-bond donors (Lipinski definition) is 4. The van der Waals surface area contributed by atoms with Crippen LogP contribution in [0.2, 0.25) is 20.6 Å². The molecule has 456 valence electrons. The molecule has 3 aliphatic rings. The average molecular weight is 1270 g/mol. The molecule has 3 atom stereocenters. The molecule has 8 rings (SSSR count). The van der Waals surface area contributed by atoms with E-state index in [9.17, 15) is 58.3 Å². The number of ketones is 1. The quantitative estimate of drug-likeness (QED) is 0.0707. The van der Waals surface area contributed by atoms with E-state index in [0.717, 1.165) is 43.9 Å². The van der Waals surface area contributed by atoms with Gasteiger partial charge < -0.3 is 31.1 Å². The summed E-state index contributed by atoms with van der Waals surface area (Å²) in [7, 11) is -1.00. The summed E-state index contributed by atoms with van der Waals surface area (Å²) < 4.78 is 128. The molecule has 84 heavy (non-hydrogen) atoms. The molecule has 5 aromatic rings. The molecule has 3 aromatic heterocycles. The molecule has 0 amide bonds. The zero-order valence-electron chi connectivity index (χ0n) is 45.3. The van der Waals surface area contributed by atoms with E-state index in [1.54, 1.807) is 17.0 Å². The highest BCUT2D eigenvalue weighted by atomic mass is 35.5. The molecule has 2 aromatic carbocycles. The number of Topliss-reactive ketones (excluding diaryl/α,β-unsaturated/α-hetero) is 1. The largest absolute Gasteiger partial charge is 0.481 e. The van der Waals surface area contributed by atoms with Crippen LogP contribution in [0.25, 0.3) is 0 Å². The minimum Gasteiger partial charge on any atom is -0.481 e. The number of carbonyl (C=O) groups excluding carboxylic acids is 1. The first-order valence-electron chi connectivity index (χ1n) is 25.9. The fourth-order valence-corrected chi connectivity index (χ4v) is 8.91. The van der Waals surface area contributed by atoms with Gasteiger partial charge in [-0.1, -0.05) is 70.7 Å². The molecule has 0 radical (unpaired) electrons. The number of aromatic nitrogens is 6. The number of halogens is 14. The molecule has 3 saturated heterocycles. The molecule has 0 spiro atoms. The number of hydrogen-bond acceptors (Lipinski definition) is 15. The predicted octanol–water partition coefficient (Wildman–Crippen LogP) is 11.8. The van der Waals surface area contributed by atoms with Crippen molar-refractivity contribution >= 4 is 75.8 Å². The maximum atomic E-state index is 13.0. The number of nitriles is 2. The monoisotopic (exact) mass is 1270 g/mol. The van der Waals surface area contributed by atoms with Crippen molar-refractivity contribution in [1.29, 1.82) is 10.5 Å². The number of alkyl halides is 10. The molecule has 17 nitrogen and oxygen atoms in total. The average Bonchev–Trinajstić information content (AvgIpc) is 3.55. The number of nitrogens with one attached hydrogen (secondary N) is 1. The van der Waals surface area contributed by atoms with Crippen LogP contribution in [-0.2, 0) is 45.8 Å². The number of benzene rings is 2. The Bertz CT molecular complexity index is 2990. The number of aliphatic carboxylic acids is 2. The number of carboxylic acids is 2. The van der Waals surface area contributed by atoms with E-state index < -0.39 is 61.0 Å². The Kier molecular flexibility index (Phi) is 29.0. The van der Waals surface area contributed by atoms with Gasteiger partial charge in [-0.05, 0) is 106 Å². The Morgan fingerprint density at radius 2 is 1.01 bits per heavy atom. The number of carbonyl (C=O) groups is 3. The number of nitrogens with two attached hydrogens (primary N) is 1. The van der Waals surface area contributed by atoms with Crippen molar-refractivity contribution in [3.8, 4) is 12.1 Å². The second-order valence-electron chi connectivity index (χ2n) is 18.3. The minimum atomic E-state index is -4.69. The molecule has 3 aliphatic heterocycles. The van der Waals surface area contributed by atoms with Crippen molar-refractivity contribution in [1.82, 2.24) is 35.2 Å². The third-order valence-electron chi connectivity index (χ3n) is 12.2. The van der Waals surface area contributed by atoms with Crippen LogP contribution in [0.4, 0.5) is 55.5 Å². The molecule has 0 unspecified atom stereocenters. The Morgan fingerprint density at radius 3 is 1.38 bits per heavy atom. The SMILES string of the molecule is FC(F)(F)c1nc(Cl)cc(Cl)n1.N#Cc1ccc(CCCC(=O)[C@@H]2CCCN(c3cc(Cl)nc(C(F)(F)F)n3)C2)cc1.N#Cc1ccc(CCN)cc1.O=C(O)[C@@H]1CCCN(c2cc(Cl)nc(C(F)(F)F)n2)C1.O=C(O)[C@@H]1CCCNC1.[2H]CF. The summed E-state index contributed by atoms with van der Waals surface area (Å²) in [6, 6.07) is 22.4. The van der Waals surface area contributed by atoms with E-state index in [-0.39, 0.29) is 56.4 Å². The number of aryl methyl sites for hydroxylation is 1. The van der Waals surface area contributed by atoms with Crippen molar-refractivity contribution in [2.24, 2.45) is 23.5 Å². The van der Waals surface area contributed by atoms with Crippen molar-refractivity contribution in [3.63, 3.8) is 0 Å². The van der Waals surface area contributed by atoms with E-state index >= 15 is 0 Å². The van der Waals surface area contributed by atoms with Gasteiger partial charge in [0.2, 0.25) is 17.5 Å². The first-order valence-corrected chi connectivity index (χ1v) is 26.8. The van der Waals surface area contributed by atoms with Crippen LogP contribution in [0.5, 0.6) is 0 Å². The summed E-state index contributed by atoms with van der Waals surface area (Å²) in [5.41, 5.74) is 8.90. The van der Waals surface area contributed by atoms with E-state index in [4.69, 9.17) is 74.2 Å². The molecule has 3 fully saturated rings. The zero-order valence-corrected chi connectivity index (χ0v) is 47.3. The van der Waals surface area contributed by atoms with Gasteiger partial charge in [0, 0.05) is 63.3 Å². The smallest absolute Gasteiger partial charge is 0.451 e. The lowest BCUT2D eigenvalue weighted by molar-refractivity contribution is -0.145. The summed E-state index contributed by atoms with van der Waals surface area (Å²) in [6.07, 6.45) is -7.01.